The number of fused-ring (bicyclic) bond motifs is 2. The van der Waals surface area contributed by atoms with Gasteiger partial charge in [-0.3, -0.25) is 9.59 Å². The highest BCUT2D eigenvalue weighted by Crippen LogP contribution is 2.43. The predicted octanol–water partition coefficient (Wildman–Crippen LogP) is 14.0. The number of ether oxygens (including phenoxy) is 4. The van der Waals surface area contributed by atoms with Crippen LogP contribution in [0, 0.1) is 25.7 Å². The van der Waals surface area contributed by atoms with Crippen LogP contribution in [0.5, 0.6) is 23.3 Å². The molecule has 4 atom stereocenters. The number of pyridine rings is 2. The molecule has 0 unspecified atom stereocenters. The first-order chi connectivity index (χ1) is 43.1. The molecule has 8 heterocycles. The molecule has 0 radical (unpaired) electrons. The molecule has 0 aliphatic carbocycles. The van der Waals surface area contributed by atoms with Gasteiger partial charge in [0.2, 0.25) is 35.5 Å². The number of piperidine rings is 2. The Balaban J connectivity index is 0.000000185. The molecule has 4 saturated heterocycles. The number of anilines is 4. The van der Waals surface area contributed by atoms with Crippen molar-refractivity contribution in [1.29, 1.82) is 0 Å². The number of carbonyl (C=O) groups excluding carboxylic acids is 4. The van der Waals surface area contributed by atoms with Gasteiger partial charge in [0.1, 0.15) is 22.7 Å². The van der Waals surface area contributed by atoms with Gasteiger partial charge in [0.15, 0.2) is 0 Å². The van der Waals surface area contributed by atoms with Gasteiger partial charge in [-0.2, -0.15) is 0 Å². The number of nitrogens with zero attached hydrogens (tertiary/aromatic N) is 10. The second-order valence-corrected chi connectivity index (χ2v) is 25.8. The van der Waals surface area contributed by atoms with Crippen molar-refractivity contribution in [3.05, 3.63) is 133 Å². The zero-order valence-corrected chi connectivity index (χ0v) is 53.1. The van der Waals surface area contributed by atoms with Crippen LogP contribution < -0.4 is 29.9 Å². The van der Waals surface area contributed by atoms with Crippen LogP contribution in [0.3, 0.4) is 0 Å². The molecule has 12 rings (SSSR count). The Bertz CT molecular complexity index is 3720. The number of amides is 4. The summed E-state index contributed by atoms with van der Waals surface area (Å²) in [4.78, 5) is 86.1. The summed E-state index contributed by atoms with van der Waals surface area (Å²) in [5.41, 5.74) is 5.36. The molecule has 0 spiro atoms. The molecule has 90 heavy (non-hydrogen) atoms. The minimum absolute atomic E-state index is 0.0101. The van der Waals surface area contributed by atoms with E-state index in [1.165, 1.54) is 0 Å². The maximum Gasteiger partial charge on any atom is 0.410 e. The van der Waals surface area contributed by atoms with E-state index < -0.39 is 11.2 Å². The molecular weight excluding hydrogens is 1140 g/mol. The van der Waals surface area contributed by atoms with Gasteiger partial charge in [-0.15, -0.1) is 0 Å². The number of hydrogen-bond acceptors (Lipinski definition) is 16. The number of hydrogen-bond donors (Lipinski definition) is 2. The normalized spacial score (nSPS) is 18.7. The molecule has 4 fully saturated rings. The Labute approximate surface area is 525 Å². The summed E-state index contributed by atoms with van der Waals surface area (Å²) in [5, 5.41) is 10.6. The molecule has 4 aliphatic rings. The third kappa shape index (κ3) is 14.2. The summed E-state index contributed by atoms with van der Waals surface area (Å²) in [6.07, 6.45) is 11.4. The molecule has 8 aromatic rings. The number of aromatic nitrogens is 6. The average Bonchev–Trinajstić information content (AvgIpc) is 1.69. The highest BCUT2D eigenvalue weighted by molar-refractivity contribution is 6.08. The van der Waals surface area contributed by atoms with Crippen LogP contribution in [0.1, 0.15) is 105 Å². The Morgan fingerprint density at radius 1 is 0.489 bits per heavy atom. The first kappa shape index (κ1) is 62.2. The van der Waals surface area contributed by atoms with Crippen LogP contribution in [0.15, 0.2) is 122 Å². The number of likely N-dealkylation sites (tertiary alicyclic amines) is 2. The van der Waals surface area contributed by atoms with Gasteiger partial charge in [0, 0.05) is 110 Å². The maximum absolute atomic E-state index is 12.9. The van der Waals surface area contributed by atoms with Crippen molar-refractivity contribution in [3.63, 3.8) is 0 Å². The minimum Gasteiger partial charge on any atom is -0.444 e. The smallest absolute Gasteiger partial charge is 0.410 e. The lowest BCUT2D eigenvalue weighted by Crippen LogP contribution is -2.47. The van der Waals surface area contributed by atoms with Crippen molar-refractivity contribution in [2.24, 2.45) is 11.8 Å². The Morgan fingerprint density at radius 2 is 0.911 bits per heavy atom. The maximum atomic E-state index is 12.9. The summed E-state index contributed by atoms with van der Waals surface area (Å²) >= 11 is 0. The molecule has 4 aromatic heterocycles. The minimum atomic E-state index is -0.545. The standard InChI is InChI=1S/2C35H40N6O4/c2*1-22-13-14-25-26(10-6-12-29(25)41-20-16-23(2)32(41)42)30(22)44-31-27(11-7-17-36-31)28-15-18-37-33(39-28)38-24-9-8-19-40(21-24)34(43)45-35(3,4)5/h2*6-7,10-15,17-18,23-24H,8-9,16,19-21H2,1-5H3,(H,37,38,39)/t23-,24+;23-,24-/m10/s1. The first-order valence-electron chi connectivity index (χ1n) is 31.2. The van der Waals surface area contributed by atoms with Crippen molar-refractivity contribution in [3.8, 4) is 45.8 Å². The van der Waals surface area contributed by atoms with Crippen LogP contribution in [-0.2, 0) is 19.1 Å². The molecule has 0 bridgehead atoms. The van der Waals surface area contributed by atoms with Crippen molar-refractivity contribution >= 4 is 68.8 Å². The molecule has 4 aliphatic heterocycles. The van der Waals surface area contributed by atoms with E-state index in [2.05, 4.69) is 42.7 Å². The highest BCUT2D eigenvalue weighted by atomic mass is 16.6. The summed E-state index contributed by atoms with van der Waals surface area (Å²) in [6, 6.07) is 31.3. The predicted molar refractivity (Wildman–Crippen MR) is 349 cm³/mol. The number of rotatable bonds is 12. The second kappa shape index (κ2) is 26.3. The topological polar surface area (TPSA) is 220 Å². The summed E-state index contributed by atoms with van der Waals surface area (Å²) in [6.45, 7) is 22.9. The Kier molecular flexibility index (Phi) is 18.2. The van der Waals surface area contributed by atoms with E-state index in [0.29, 0.717) is 85.8 Å². The number of benzene rings is 4. The lowest BCUT2D eigenvalue weighted by atomic mass is 10.0. The van der Waals surface area contributed by atoms with Gasteiger partial charge < -0.3 is 49.2 Å². The van der Waals surface area contributed by atoms with Crippen LogP contribution in [0.25, 0.3) is 44.1 Å². The second-order valence-electron chi connectivity index (χ2n) is 25.8. The zero-order valence-electron chi connectivity index (χ0n) is 53.1. The lowest BCUT2D eigenvalue weighted by Gasteiger charge is -2.34. The zero-order chi connectivity index (χ0) is 63.4. The van der Waals surface area contributed by atoms with E-state index >= 15 is 0 Å². The van der Waals surface area contributed by atoms with Crippen molar-refractivity contribution < 1.29 is 38.1 Å². The molecule has 4 aromatic carbocycles. The van der Waals surface area contributed by atoms with Gasteiger partial charge in [-0.1, -0.05) is 62.4 Å². The van der Waals surface area contributed by atoms with Crippen LogP contribution in [0.4, 0.5) is 32.9 Å². The summed E-state index contributed by atoms with van der Waals surface area (Å²) < 4.78 is 24.3. The number of aryl methyl sites for hydroxylation is 2. The summed E-state index contributed by atoms with van der Waals surface area (Å²) in [7, 11) is 0. The number of nitrogens with one attached hydrogen (secondary N) is 2. The van der Waals surface area contributed by atoms with E-state index in [4.69, 9.17) is 28.9 Å². The van der Waals surface area contributed by atoms with Crippen LogP contribution in [0.2, 0.25) is 0 Å². The van der Waals surface area contributed by atoms with Gasteiger partial charge in [-0.25, -0.2) is 39.5 Å². The van der Waals surface area contributed by atoms with Crippen molar-refractivity contribution in [1.82, 2.24) is 39.7 Å². The highest BCUT2D eigenvalue weighted by Gasteiger charge is 2.34. The third-order valence-corrected chi connectivity index (χ3v) is 16.5. The van der Waals surface area contributed by atoms with Crippen molar-refractivity contribution in [2.75, 3.05) is 59.7 Å². The van der Waals surface area contributed by atoms with Crippen LogP contribution >= 0.6 is 0 Å². The fraction of sp³-hybridized carbons (Fsp3) is 0.400. The van der Waals surface area contributed by atoms with E-state index in [-0.39, 0.29) is 47.9 Å². The first-order valence-corrected chi connectivity index (χ1v) is 31.2. The number of carbonyl (C=O) groups is 4. The average molecular weight is 1220 g/mol. The molecule has 20 heteroatoms. The molecular formula is C70H80N12O8. The lowest BCUT2D eigenvalue weighted by molar-refractivity contribution is -0.120. The Morgan fingerprint density at radius 3 is 1.30 bits per heavy atom. The fourth-order valence-corrected chi connectivity index (χ4v) is 11.9. The molecule has 4 amide bonds. The van der Waals surface area contributed by atoms with Crippen LogP contribution in [-0.4, -0.2) is 126 Å². The Hall–Kier alpha value is -9.46. The largest absolute Gasteiger partial charge is 0.444 e. The van der Waals surface area contributed by atoms with E-state index in [9.17, 15) is 19.2 Å². The molecule has 2 N–H and O–H groups in total. The summed E-state index contributed by atoms with van der Waals surface area (Å²) in [5.74, 6) is 3.48. The van der Waals surface area contributed by atoms with E-state index in [1.54, 1.807) is 34.6 Å². The van der Waals surface area contributed by atoms with E-state index in [0.717, 1.165) is 93.7 Å². The van der Waals surface area contributed by atoms with Gasteiger partial charge in [0.05, 0.1) is 33.9 Å². The van der Waals surface area contributed by atoms with Gasteiger partial charge in [-0.05, 0) is 154 Å². The molecule has 0 saturated carbocycles. The van der Waals surface area contributed by atoms with Gasteiger partial charge in [0.25, 0.3) is 0 Å². The fourth-order valence-electron chi connectivity index (χ4n) is 11.9. The van der Waals surface area contributed by atoms with E-state index in [1.807, 2.05) is 164 Å². The van der Waals surface area contributed by atoms with Gasteiger partial charge >= 0.3 is 12.2 Å². The monoisotopic (exact) mass is 1220 g/mol. The third-order valence-electron chi connectivity index (χ3n) is 16.5. The SMILES string of the molecule is Cc1ccc2c(N3CC[C@@H](C)C3=O)cccc2c1Oc1ncccc1-c1ccnc(N[C@H]2CCCN(C(=O)OC(C)(C)C)C2)n1.Cc1ccc2c(N3CC[C@H](C)C3=O)cccc2c1Oc1ncccc1-c1ccnc(N[C@H]2CCCN(C(=O)OC(C)(C)C)C2)n1. The molecule has 20 nitrogen and oxygen atoms in total. The van der Waals surface area contributed by atoms with Crippen molar-refractivity contribution in [2.45, 2.75) is 131 Å². The molecule has 468 valence electrons. The quantitative estimate of drug-likeness (QED) is 0.116.